The number of aryl methyl sites for hydroxylation is 1. The van der Waals surface area contributed by atoms with Gasteiger partial charge in [0.15, 0.2) is 13.2 Å². The van der Waals surface area contributed by atoms with Crippen LogP contribution < -0.4 is 10.1 Å². The van der Waals surface area contributed by atoms with Crippen molar-refractivity contribution >= 4 is 29.2 Å². The van der Waals surface area contributed by atoms with Crippen LogP contribution in [0.5, 0.6) is 5.75 Å². The Labute approximate surface area is 169 Å². The summed E-state index contributed by atoms with van der Waals surface area (Å²) in [6.07, 6.45) is 0. The molecule has 1 amide bonds. The van der Waals surface area contributed by atoms with Crippen LogP contribution in [-0.4, -0.2) is 28.6 Å². The SMILES string of the molecule is Cc1nc(COc2ccc(C(=O)OCC(=O)Nc3cc(Cl)ccc3F)cc2)no1. The van der Waals surface area contributed by atoms with Crippen molar-refractivity contribution in [2.75, 3.05) is 11.9 Å². The molecule has 1 aromatic heterocycles. The number of hydrogen-bond acceptors (Lipinski definition) is 7. The van der Waals surface area contributed by atoms with Crippen LogP contribution in [0.4, 0.5) is 10.1 Å². The van der Waals surface area contributed by atoms with E-state index in [1.54, 1.807) is 19.1 Å². The summed E-state index contributed by atoms with van der Waals surface area (Å²) in [5, 5.41) is 6.25. The topological polar surface area (TPSA) is 104 Å². The van der Waals surface area contributed by atoms with Crippen molar-refractivity contribution in [3.05, 3.63) is 70.6 Å². The smallest absolute Gasteiger partial charge is 0.338 e. The van der Waals surface area contributed by atoms with Gasteiger partial charge in [-0.2, -0.15) is 4.98 Å². The maximum Gasteiger partial charge on any atom is 0.338 e. The zero-order valence-corrected chi connectivity index (χ0v) is 15.9. The molecular formula is C19H15ClFN3O5. The van der Waals surface area contributed by atoms with E-state index < -0.39 is 24.3 Å². The van der Waals surface area contributed by atoms with Gasteiger partial charge in [-0.25, -0.2) is 9.18 Å². The predicted molar refractivity (Wildman–Crippen MR) is 100 cm³/mol. The Morgan fingerprint density at radius 2 is 1.97 bits per heavy atom. The number of carbonyl (C=O) groups is 2. The molecule has 0 aliphatic rings. The fourth-order valence-electron chi connectivity index (χ4n) is 2.23. The minimum atomic E-state index is -0.716. The summed E-state index contributed by atoms with van der Waals surface area (Å²) in [6.45, 7) is 1.20. The van der Waals surface area contributed by atoms with Gasteiger partial charge >= 0.3 is 5.97 Å². The predicted octanol–water partition coefficient (Wildman–Crippen LogP) is 3.55. The Morgan fingerprint density at radius 3 is 2.66 bits per heavy atom. The van der Waals surface area contributed by atoms with Gasteiger partial charge in [0.05, 0.1) is 11.3 Å². The first-order valence-electron chi connectivity index (χ1n) is 8.35. The number of nitrogens with zero attached hydrogens (tertiary/aromatic N) is 2. The first-order chi connectivity index (χ1) is 13.9. The summed E-state index contributed by atoms with van der Waals surface area (Å²) in [5.74, 6) is -0.752. The third kappa shape index (κ3) is 5.76. The second-order valence-electron chi connectivity index (χ2n) is 5.79. The number of benzene rings is 2. The standard InChI is InChI=1S/C19H15ClFN3O5/c1-11-22-17(24-29-11)9-27-14-5-2-12(3-6-14)19(26)28-10-18(25)23-16-8-13(20)4-7-15(16)21/h2-8H,9-10H2,1H3,(H,23,25). The van der Waals surface area contributed by atoms with Crippen LogP contribution in [0.15, 0.2) is 47.0 Å². The van der Waals surface area contributed by atoms with Crippen molar-refractivity contribution in [1.82, 2.24) is 10.1 Å². The quantitative estimate of drug-likeness (QED) is 0.584. The van der Waals surface area contributed by atoms with E-state index in [1.165, 1.54) is 24.3 Å². The molecule has 0 saturated carbocycles. The van der Waals surface area contributed by atoms with Crippen LogP contribution in [0.1, 0.15) is 22.1 Å². The van der Waals surface area contributed by atoms with Crippen LogP contribution in [-0.2, 0) is 16.1 Å². The first kappa shape index (κ1) is 20.3. The molecule has 0 bridgehead atoms. The number of aromatic nitrogens is 2. The molecule has 10 heteroatoms. The highest BCUT2D eigenvalue weighted by atomic mass is 35.5. The molecule has 2 aromatic carbocycles. The number of halogens is 2. The molecule has 1 heterocycles. The number of nitrogens with one attached hydrogen (secondary N) is 1. The Morgan fingerprint density at radius 1 is 1.21 bits per heavy atom. The van der Waals surface area contributed by atoms with Crippen molar-refractivity contribution in [1.29, 1.82) is 0 Å². The van der Waals surface area contributed by atoms with Gasteiger partial charge in [0, 0.05) is 11.9 Å². The van der Waals surface area contributed by atoms with E-state index in [4.69, 9.17) is 25.6 Å². The molecule has 0 spiro atoms. The van der Waals surface area contributed by atoms with Crippen molar-refractivity contribution in [3.63, 3.8) is 0 Å². The van der Waals surface area contributed by atoms with E-state index >= 15 is 0 Å². The van der Waals surface area contributed by atoms with Crippen LogP contribution in [0, 0.1) is 12.7 Å². The lowest BCUT2D eigenvalue weighted by molar-refractivity contribution is -0.119. The Bertz CT molecular complexity index is 1020. The van der Waals surface area contributed by atoms with Gasteiger partial charge in [0.1, 0.15) is 11.6 Å². The van der Waals surface area contributed by atoms with E-state index in [2.05, 4.69) is 15.5 Å². The zero-order valence-electron chi connectivity index (χ0n) is 15.1. The van der Waals surface area contributed by atoms with Crippen LogP contribution in [0.3, 0.4) is 0 Å². The summed E-state index contributed by atoms with van der Waals surface area (Å²) >= 11 is 5.75. The van der Waals surface area contributed by atoms with E-state index in [-0.39, 0.29) is 22.9 Å². The van der Waals surface area contributed by atoms with Gasteiger partial charge in [-0.15, -0.1) is 0 Å². The maximum atomic E-state index is 13.6. The van der Waals surface area contributed by atoms with Gasteiger partial charge in [0.25, 0.3) is 5.91 Å². The van der Waals surface area contributed by atoms with Crippen molar-refractivity contribution in [2.45, 2.75) is 13.5 Å². The van der Waals surface area contributed by atoms with Crippen LogP contribution in [0.2, 0.25) is 5.02 Å². The molecule has 0 aliphatic carbocycles. The van der Waals surface area contributed by atoms with Crippen LogP contribution >= 0.6 is 11.6 Å². The Hall–Kier alpha value is -3.46. The van der Waals surface area contributed by atoms with Crippen molar-refractivity contribution in [3.8, 4) is 5.75 Å². The summed E-state index contributed by atoms with van der Waals surface area (Å²) in [7, 11) is 0. The molecule has 1 N–H and O–H groups in total. The number of amides is 1. The fourth-order valence-corrected chi connectivity index (χ4v) is 2.40. The van der Waals surface area contributed by atoms with Gasteiger partial charge in [-0.1, -0.05) is 16.8 Å². The molecule has 3 rings (SSSR count). The number of esters is 1. The van der Waals surface area contributed by atoms with E-state index in [0.29, 0.717) is 17.5 Å². The minimum Gasteiger partial charge on any atom is -0.485 e. The van der Waals surface area contributed by atoms with E-state index in [1.807, 2.05) is 0 Å². The molecule has 3 aromatic rings. The average Bonchev–Trinajstić information content (AvgIpc) is 3.13. The summed E-state index contributed by atoms with van der Waals surface area (Å²) in [4.78, 5) is 27.9. The van der Waals surface area contributed by atoms with Crippen molar-refractivity contribution < 1.29 is 28.0 Å². The van der Waals surface area contributed by atoms with Gasteiger partial charge in [0.2, 0.25) is 11.7 Å². The molecule has 150 valence electrons. The molecule has 0 saturated heterocycles. The van der Waals surface area contributed by atoms with Crippen molar-refractivity contribution in [2.24, 2.45) is 0 Å². The Kier molecular flexibility index (Phi) is 6.40. The number of ether oxygens (including phenoxy) is 2. The fraction of sp³-hybridized carbons (Fsp3) is 0.158. The van der Waals surface area contributed by atoms with E-state index in [0.717, 1.165) is 6.07 Å². The highest BCUT2D eigenvalue weighted by Crippen LogP contribution is 2.19. The van der Waals surface area contributed by atoms with Gasteiger partial charge in [-0.3, -0.25) is 4.79 Å². The highest BCUT2D eigenvalue weighted by Gasteiger charge is 2.13. The first-order valence-corrected chi connectivity index (χ1v) is 8.72. The summed E-state index contributed by atoms with van der Waals surface area (Å²) < 4.78 is 28.8. The normalized spacial score (nSPS) is 10.4. The molecule has 8 nitrogen and oxygen atoms in total. The monoisotopic (exact) mass is 419 g/mol. The summed E-state index contributed by atoms with van der Waals surface area (Å²) in [5.41, 5.74) is 0.117. The van der Waals surface area contributed by atoms with E-state index in [9.17, 15) is 14.0 Å². The lowest BCUT2D eigenvalue weighted by Crippen LogP contribution is -2.21. The molecule has 0 fully saturated rings. The third-order valence-electron chi connectivity index (χ3n) is 3.56. The molecule has 0 aliphatic heterocycles. The number of hydrogen-bond donors (Lipinski definition) is 1. The summed E-state index contributed by atoms with van der Waals surface area (Å²) in [6, 6.07) is 9.80. The minimum absolute atomic E-state index is 0.100. The second-order valence-corrected chi connectivity index (χ2v) is 6.23. The zero-order chi connectivity index (χ0) is 20.8. The molecule has 0 atom stereocenters. The average molecular weight is 420 g/mol. The number of anilines is 1. The Balaban J connectivity index is 1.48. The van der Waals surface area contributed by atoms with Crippen LogP contribution in [0.25, 0.3) is 0 Å². The second kappa shape index (κ2) is 9.16. The molecular weight excluding hydrogens is 405 g/mol. The highest BCUT2D eigenvalue weighted by molar-refractivity contribution is 6.30. The largest absolute Gasteiger partial charge is 0.485 e. The maximum absolute atomic E-state index is 13.6. The molecule has 0 radical (unpaired) electrons. The van der Waals surface area contributed by atoms with Gasteiger partial charge in [-0.05, 0) is 42.5 Å². The number of rotatable bonds is 7. The van der Waals surface area contributed by atoms with Gasteiger partial charge < -0.3 is 19.3 Å². The lowest BCUT2D eigenvalue weighted by Gasteiger charge is -2.08. The third-order valence-corrected chi connectivity index (χ3v) is 3.80. The molecule has 0 unspecified atom stereocenters. The lowest BCUT2D eigenvalue weighted by atomic mass is 10.2. The molecule has 29 heavy (non-hydrogen) atoms. The number of carbonyl (C=O) groups excluding carboxylic acids is 2.